The average Bonchev–Trinajstić information content (AvgIpc) is 2.76. The van der Waals surface area contributed by atoms with Crippen LogP contribution in [0.5, 0.6) is 0 Å². The predicted molar refractivity (Wildman–Crippen MR) is 65.8 cm³/mol. The molecular weight excluding hydrogens is 216 g/mol. The fourth-order valence-electron chi connectivity index (χ4n) is 2.31. The lowest BCUT2D eigenvalue weighted by Gasteiger charge is -2.27. The molecule has 0 saturated carbocycles. The summed E-state index contributed by atoms with van der Waals surface area (Å²) in [5.74, 6) is 0.682. The van der Waals surface area contributed by atoms with Crippen LogP contribution in [0.2, 0.25) is 0 Å². The van der Waals surface area contributed by atoms with Gasteiger partial charge in [0, 0.05) is 26.8 Å². The number of hydrogen-bond donors (Lipinski definition) is 1. The highest BCUT2D eigenvalue weighted by atomic mass is 16.2. The summed E-state index contributed by atoms with van der Waals surface area (Å²) in [6.45, 7) is 2.97. The quantitative estimate of drug-likeness (QED) is 0.831. The summed E-state index contributed by atoms with van der Waals surface area (Å²) in [6, 6.07) is 1.77. The first-order valence-corrected chi connectivity index (χ1v) is 6.12. The summed E-state index contributed by atoms with van der Waals surface area (Å²) in [4.78, 5) is 14.0. The minimum atomic E-state index is 0.0588. The van der Waals surface area contributed by atoms with Gasteiger partial charge in [0.25, 0.3) is 5.91 Å². The zero-order valence-corrected chi connectivity index (χ0v) is 10.5. The maximum atomic E-state index is 12.1. The number of aryl methyl sites for hydroxylation is 1. The van der Waals surface area contributed by atoms with Gasteiger partial charge in [0.1, 0.15) is 5.69 Å². The van der Waals surface area contributed by atoms with E-state index < -0.39 is 0 Å². The maximum absolute atomic E-state index is 12.1. The Kier molecular flexibility index (Phi) is 3.78. The number of nitrogens with one attached hydrogen (secondary N) is 1. The van der Waals surface area contributed by atoms with Crippen LogP contribution in [0.4, 0.5) is 0 Å². The van der Waals surface area contributed by atoms with Crippen LogP contribution in [-0.4, -0.2) is 47.3 Å². The van der Waals surface area contributed by atoms with Gasteiger partial charge in [0.05, 0.1) is 0 Å². The fourth-order valence-corrected chi connectivity index (χ4v) is 2.31. The van der Waals surface area contributed by atoms with E-state index >= 15 is 0 Å². The molecule has 0 aromatic carbocycles. The normalized spacial score (nSPS) is 17.1. The molecule has 1 fully saturated rings. The third-order valence-corrected chi connectivity index (χ3v) is 3.38. The van der Waals surface area contributed by atoms with E-state index in [9.17, 15) is 4.79 Å². The van der Waals surface area contributed by atoms with Crippen molar-refractivity contribution in [3.8, 4) is 0 Å². The van der Waals surface area contributed by atoms with Crippen molar-refractivity contribution in [3.63, 3.8) is 0 Å². The van der Waals surface area contributed by atoms with Gasteiger partial charge < -0.3 is 10.2 Å². The topological polar surface area (TPSA) is 50.2 Å². The zero-order valence-electron chi connectivity index (χ0n) is 10.5. The van der Waals surface area contributed by atoms with Crippen LogP contribution < -0.4 is 5.32 Å². The molecule has 1 aromatic heterocycles. The van der Waals surface area contributed by atoms with Gasteiger partial charge in [-0.2, -0.15) is 5.10 Å². The molecule has 0 unspecified atom stereocenters. The van der Waals surface area contributed by atoms with Crippen molar-refractivity contribution in [2.75, 3.05) is 26.7 Å². The van der Waals surface area contributed by atoms with E-state index in [0.717, 1.165) is 32.5 Å². The lowest BCUT2D eigenvalue weighted by molar-refractivity contribution is 0.0752. The van der Waals surface area contributed by atoms with Crippen molar-refractivity contribution >= 4 is 5.91 Å². The molecule has 2 heterocycles. The van der Waals surface area contributed by atoms with Gasteiger partial charge in [-0.05, 0) is 37.9 Å². The van der Waals surface area contributed by atoms with Crippen molar-refractivity contribution in [1.29, 1.82) is 0 Å². The first kappa shape index (κ1) is 12.1. The zero-order chi connectivity index (χ0) is 12.3. The van der Waals surface area contributed by atoms with Crippen LogP contribution in [-0.2, 0) is 7.05 Å². The van der Waals surface area contributed by atoms with Crippen LogP contribution in [0.15, 0.2) is 12.3 Å². The highest BCUT2D eigenvalue weighted by molar-refractivity contribution is 5.92. The van der Waals surface area contributed by atoms with E-state index in [1.807, 2.05) is 11.9 Å². The molecule has 1 amide bonds. The highest BCUT2D eigenvalue weighted by Gasteiger charge is 2.20. The number of carbonyl (C=O) groups is 1. The number of rotatable bonds is 3. The average molecular weight is 236 g/mol. The van der Waals surface area contributed by atoms with Gasteiger partial charge >= 0.3 is 0 Å². The Morgan fingerprint density at radius 1 is 1.59 bits per heavy atom. The standard InChI is InChI=1S/C12H20N4O/c1-15(9-10-3-6-13-7-4-10)12(17)11-5-8-14-16(11)2/h5,8,10,13H,3-4,6-7,9H2,1-2H3. The summed E-state index contributed by atoms with van der Waals surface area (Å²) in [7, 11) is 3.67. The minimum Gasteiger partial charge on any atom is -0.340 e. The first-order chi connectivity index (χ1) is 8.18. The van der Waals surface area contributed by atoms with Crippen molar-refractivity contribution in [1.82, 2.24) is 20.0 Å². The fraction of sp³-hybridized carbons (Fsp3) is 0.667. The SMILES string of the molecule is CN(CC1CCNCC1)C(=O)c1ccnn1C. The Labute approximate surface area is 102 Å². The second-order valence-electron chi connectivity index (χ2n) is 4.72. The predicted octanol–water partition coefficient (Wildman–Crippen LogP) is 0.492. The van der Waals surface area contributed by atoms with Crippen molar-refractivity contribution in [3.05, 3.63) is 18.0 Å². The van der Waals surface area contributed by atoms with Crippen molar-refractivity contribution < 1.29 is 4.79 Å². The van der Waals surface area contributed by atoms with E-state index in [2.05, 4.69) is 10.4 Å². The van der Waals surface area contributed by atoms with Crippen LogP contribution in [0.25, 0.3) is 0 Å². The van der Waals surface area contributed by atoms with Crippen LogP contribution in [0, 0.1) is 5.92 Å². The first-order valence-electron chi connectivity index (χ1n) is 6.12. The molecule has 2 rings (SSSR count). The van der Waals surface area contributed by atoms with Gasteiger partial charge in [-0.25, -0.2) is 0 Å². The number of hydrogen-bond acceptors (Lipinski definition) is 3. The van der Waals surface area contributed by atoms with Crippen molar-refractivity contribution in [2.45, 2.75) is 12.8 Å². The highest BCUT2D eigenvalue weighted by Crippen LogP contribution is 2.14. The van der Waals surface area contributed by atoms with Gasteiger partial charge in [0.15, 0.2) is 0 Å². The molecule has 1 saturated heterocycles. The molecule has 0 bridgehead atoms. The van der Waals surface area contributed by atoms with Crippen LogP contribution in [0.3, 0.4) is 0 Å². The van der Waals surface area contributed by atoms with Gasteiger partial charge in [-0.3, -0.25) is 9.48 Å². The minimum absolute atomic E-state index is 0.0588. The Morgan fingerprint density at radius 2 is 2.29 bits per heavy atom. The molecule has 17 heavy (non-hydrogen) atoms. The van der Waals surface area contributed by atoms with Crippen LogP contribution >= 0.6 is 0 Å². The van der Waals surface area contributed by atoms with E-state index in [0.29, 0.717) is 11.6 Å². The summed E-state index contributed by atoms with van der Waals surface area (Å²) in [6.07, 6.45) is 3.97. The number of amides is 1. The number of nitrogens with zero attached hydrogens (tertiary/aromatic N) is 3. The maximum Gasteiger partial charge on any atom is 0.271 e. The molecule has 1 aliphatic rings. The molecule has 5 nitrogen and oxygen atoms in total. The largest absolute Gasteiger partial charge is 0.340 e. The molecule has 1 aliphatic heterocycles. The lowest BCUT2D eigenvalue weighted by atomic mass is 9.97. The molecule has 0 aliphatic carbocycles. The molecule has 1 N–H and O–H groups in total. The van der Waals surface area contributed by atoms with Gasteiger partial charge in [-0.1, -0.05) is 0 Å². The Balaban J connectivity index is 1.93. The molecule has 94 valence electrons. The monoisotopic (exact) mass is 236 g/mol. The number of piperidine rings is 1. The molecular formula is C12H20N4O. The third kappa shape index (κ3) is 2.85. The molecule has 0 atom stereocenters. The number of carbonyl (C=O) groups excluding carboxylic acids is 1. The third-order valence-electron chi connectivity index (χ3n) is 3.38. The Morgan fingerprint density at radius 3 is 2.88 bits per heavy atom. The Bertz CT molecular complexity index is 382. The summed E-state index contributed by atoms with van der Waals surface area (Å²) < 4.78 is 1.63. The molecule has 1 aromatic rings. The Hall–Kier alpha value is -1.36. The smallest absolute Gasteiger partial charge is 0.271 e. The van der Waals surface area contributed by atoms with Gasteiger partial charge in [-0.15, -0.1) is 0 Å². The molecule has 0 radical (unpaired) electrons. The number of aromatic nitrogens is 2. The van der Waals surface area contributed by atoms with E-state index in [4.69, 9.17) is 0 Å². The summed E-state index contributed by atoms with van der Waals surface area (Å²) in [5, 5.41) is 7.36. The molecule has 0 spiro atoms. The van der Waals surface area contributed by atoms with Crippen LogP contribution in [0.1, 0.15) is 23.3 Å². The second kappa shape index (κ2) is 5.31. The van der Waals surface area contributed by atoms with E-state index in [1.165, 1.54) is 0 Å². The van der Waals surface area contributed by atoms with Crippen molar-refractivity contribution in [2.24, 2.45) is 13.0 Å². The summed E-state index contributed by atoms with van der Waals surface area (Å²) in [5.41, 5.74) is 0.654. The molecule has 5 heteroatoms. The second-order valence-corrected chi connectivity index (χ2v) is 4.72. The van der Waals surface area contributed by atoms with E-state index in [1.54, 1.807) is 24.0 Å². The lowest BCUT2D eigenvalue weighted by Crippen LogP contribution is -2.37. The van der Waals surface area contributed by atoms with E-state index in [-0.39, 0.29) is 5.91 Å². The summed E-state index contributed by atoms with van der Waals surface area (Å²) >= 11 is 0. The van der Waals surface area contributed by atoms with Gasteiger partial charge in [0.2, 0.25) is 0 Å².